The summed E-state index contributed by atoms with van der Waals surface area (Å²) < 4.78 is 4.27. The van der Waals surface area contributed by atoms with E-state index in [1.54, 1.807) is 0 Å². The predicted octanol–water partition coefficient (Wildman–Crippen LogP) is -0.406. The van der Waals surface area contributed by atoms with E-state index in [0.717, 1.165) is 6.33 Å². The van der Waals surface area contributed by atoms with Gasteiger partial charge in [-0.15, -0.1) is 14.8 Å². The first-order valence-corrected chi connectivity index (χ1v) is 2.61. The summed E-state index contributed by atoms with van der Waals surface area (Å²) in [4.78, 5) is 24.5. The molecule has 0 aromatic carbocycles. The molecule has 0 aliphatic carbocycles. The van der Waals surface area contributed by atoms with Crippen molar-refractivity contribution in [3.05, 3.63) is 17.1 Å². The maximum atomic E-state index is 10.6. The van der Waals surface area contributed by atoms with Gasteiger partial charge in [-0.05, 0) is 0 Å². The molecule has 58 valence electrons. The molecule has 0 aliphatic heterocycles. The third kappa shape index (κ3) is 1.37. The highest BCUT2D eigenvalue weighted by Gasteiger charge is 2.10. The molecule has 1 aromatic heterocycles. The van der Waals surface area contributed by atoms with Crippen LogP contribution in [0.1, 0.15) is 10.6 Å². The monoisotopic (exact) mass is 156 g/mol. The van der Waals surface area contributed by atoms with Crippen LogP contribution in [0.2, 0.25) is 0 Å². The lowest BCUT2D eigenvalue weighted by Crippen LogP contribution is -2.04. The highest BCUT2D eigenvalue weighted by atomic mass is 16.5. The summed E-state index contributed by atoms with van der Waals surface area (Å²) >= 11 is 0. The van der Waals surface area contributed by atoms with Crippen LogP contribution in [0, 0.1) is 4.91 Å². The third-order valence-electron chi connectivity index (χ3n) is 0.932. The summed E-state index contributed by atoms with van der Waals surface area (Å²) in [6.45, 7) is 0. The van der Waals surface area contributed by atoms with Crippen LogP contribution < -0.4 is 0 Å². The SMILES string of the molecule is COC(=O)c1ncn(N=O)n1. The Bertz CT molecular complexity index is 281. The molecule has 1 heterocycles. The van der Waals surface area contributed by atoms with Gasteiger partial charge in [-0.1, -0.05) is 0 Å². The van der Waals surface area contributed by atoms with Crippen LogP contribution in [0.25, 0.3) is 0 Å². The van der Waals surface area contributed by atoms with Crippen molar-refractivity contribution < 1.29 is 9.53 Å². The Morgan fingerprint density at radius 3 is 3.00 bits per heavy atom. The molecule has 0 N–H and O–H groups in total. The maximum absolute atomic E-state index is 10.6. The summed E-state index contributed by atoms with van der Waals surface area (Å²) in [6.07, 6.45) is 1.01. The number of rotatable bonds is 2. The third-order valence-corrected chi connectivity index (χ3v) is 0.932. The molecule has 7 heteroatoms. The maximum Gasteiger partial charge on any atom is 0.378 e. The predicted molar refractivity (Wildman–Crippen MR) is 32.6 cm³/mol. The van der Waals surface area contributed by atoms with Crippen molar-refractivity contribution in [2.24, 2.45) is 5.29 Å². The molecule has 0 bridgehead atoms. The lowest BCUT2D eigenvalue weighted by atomic mass is 10.6. The zero-order valence-corrected chi connectivity index (χ0v) is 5.59. The summed E-state index contributed by atoms with van der Waals surface area (Å²) in [5, 5.41) is 5.74. The Balaban J connectivity index is 2.88. The molecule has 0 amide bonds. The smallest absolute Gasteiger partial charge is 0.378 e. The van der Waals surface area contributed by atoms with E-state index in [1.807, 2.05) is 0 Å². The van der Waals surface area contributed by atoms with Crippen LogP contribution in [-0.2, 0) is 4.74 Å². The fourth-order valence-corrected chi connectivity index (χ4v) is 0.479. The van der Waals surface area contributed by atoms with E-state index >= 15 is 0 Å². The van der Waals surface area contributed by atoms with Crippen LogP contribution in [0.5, 0.6) is 0 Å². The zero-order valence-electron chi connectivity index (χ0n) is 5.59. The molecule has 1 aromatic rings. The van der Waals surface area contributed by atoms with E-state index in [1.165, 1.54) is 7.11 Å². The molecular weight excluding hydrogens is 152 g/mol. The van der Waals surface area contributed by atoms with E-state index in [-0.39, 0.29) is 5.82 Å². The minimum Gasteiger partial charge on any atom is -0.463 e. The molecule has 1 rings (SSSR count). The van der Waals surface area contributed by atoms with Gasteiger partial charge in [0.1, 0.15) is 6.33 Å². The average Bonchev–Trinajstić information content (AvgIpc) is 2.50. The first-order valence-electron chi connectivity index (χ1n) is 2.61. The quantitative estimate of drug-likeness (QED) is 0.429. The van der Waals surface area contributed by atoms with Crippen LogP contribution in [0.3, 0.4) is 0 Å². The van der Waals surface area contributed by atoms with E-state index in [9.17, 15) is 9.70 Å². The van der Waals surface area contributed by atoms with Gasteiger partial charge in [-0.3, -0.25) is 0 Å². The van der Waals surface area contributed by atoms with E-state index < -0.39 is 5.97 Å². The van der Waals surface area contributed by atoms with Crippen LogP contribution >= 0.6 is 0 Å². The van der Waals surface area contributed by atoms with Crippen molar-refractivity contribution in [2.75, 3.05) is 7.11 Å². The van der Waals surface area contributed by atoms with Crippen molar-refractivity contribution in [1.29, 1.82) is 0 Å². The second-order valence-corrected chi connectivity index (χ2v) is 1.56. The molecule has 7 nitrogen and oxygen atoms in total. The van der Waals surface area contributed by atoms with Gasteiger partial charge in [-0.25, -0.2) is 9.78 Å². The van der Waals surface area contributed by atoms with E-state index in [2.05, 4.69) is 20.1 Å². The van der Waals surface area contributed by atoms with Gasteiger partial charge < -0.3 is 4.74 Å². The molecule has 0 radical (unpaired) electrons. The summed E-state index contributed by atoms with van der Waals surface area (Å²) in [6, 6.07) is 0. The van der Waals surface area contributed by atoms with Crippen molar-refractivity contribution in [2.45, 2.75) is 0 Å². The lowest BCUT2D eigenvalue weighted by molar-refractivity contribution is 0.0586. The fraction of sp³-hybridized carbons (Fsp3) is 0.250. The number of aromatic nitrogens is 3. The largest absolute Gasteiger partial charge is 0.463 e. The zero-order chi connectivity index (χ0) is 8.27. The van der Waals surface area contributed by atoms with Crippen molar-refractivity contribution in [3.8, 4) is 0 Å². The Labute approximate surface area is 60.9 Å². The van der Waals surface area contributed by atoms with Gasteiger partial charge in [0.2, 0.25) is 0 Å². The number of carbonyl (C=O) groups is 1. The highest BCUT2D eigenvalue weighted by molar-refractivity contribution is 5.84. The van der Waals surface area contributed by atoms with Crippen LogP contribution in [-0.4, -0.2) is 28.0 Å². The Kier molecular flexibility index (Phi) is 1.90. The van der Waals surface area contributed by atoms with Gasteiger partial charge >= 0.3 is 5.97 Å². The van der Waals surface area contributed by atoms with E-state index in [4.69, 9.17) is 0 Å². The van der Waals surface area contributed by atoms with E-state index in [0.29, 0.717) is 4.79 Å². The van der Waals surface area contributed by atoms with Crippen molar-refractivity contribution in [1.82, 2.24) is 14.9 Å². The normalized spacial score (nSPS) is 9.18. The van der Waals surface area contributed by atoms with Crippen LogP contribution in [0.15, 0.2) is 11.6 Å². The summed E-state index contributed by atoms with van der Waals surface area (Å²) in [5.74, 6) is -0.889. The van der Waals surface area contributed by atoms with Gasteiger partial charge in [0, 0.05) is 0 Å². The van der Waals surface area contributed by atoms with Crippen LogP contribution in [0.4, 0.5) is 0 Å². The molecule has 0 aliphatic rings. The average molecular weight is 156 g/mol. The molecule has 0 saturated heterocycles. The number of ether oxygens (including phenoxy) is 1. The molecule has 0 fully saturated rings. The number of hydrogen-bond donors (Lipinski definition) is 0. The molecule has 0 spiro atoms. The number of nitroso groups, excluding NO2 is 1. The van der Waals surface area contributed by atoms with Crippen molar-refractivity contribution in [3.63, 3.8) is 0 Å². The molecule has 0 atom stereocenters. The molecule has 11 heavy (non-hydrogen) atoms. The highest BCUT2D eigenvalue weighted by Crippen LogP contribution is 1.91. The number of nitrogens with zero attached hydrogens (tertiary/aromatic N) is 4. The second-order valence-electron chi connectivity index (χ2n) is 1.56. The standard InChI is InChI=1S/C4H4N4O3/c1-11-4(9)3-5-2-8(6-3)7-10/h2H,1H3. The molecular formula is C4H4N4O3. The number of carbonyl (C=O) groups excluding carboxylic acids is 1. The topological polar surface area (TPSA) is 86.4 Å². The number of methoxy groups -OCH3 is 1. The lowest BCUT2D eigenvalue weighted by Gasteiger charge is -1.88. The second kappa shape index (κ2) is 2.86. The van der Waals surface area contributed by atoms with Gasteiger partial charge in [0.05, 0.1) is 12.4 Å². The first-order chi connectivity index (χ1) is 5.27. The number of hydrogen-bond acceptors (Lipinski definition) is 6. The number of esters is 1. The van der Waals surface area contributed by atoms with Crippen molar-refractivity contribution >= 4 is 5.97 Å². The Morgan fingerprint density at radius 2 is 2.55 bits per heavy atom. The van der Waals surface area contributed by atoms with Gasteiger partial charge in [0.25, 0.3) is 5.82 Å². The Morgan fingerprint density at radius 1 is 1.82 bits per heavy atom. The minimum atomic E-state index is -0.701. The minimum absolute atomic E-state index is 0.188. The first kappa shape index (κ1) is 7.32. The fourth-order valence-electron chi connectivity index (χ4n) is 0.479. The summed E-state index contributed by atoms with van der Waals surface area (Å²) in [7, 11) is 1.19. The molecule has 0 saturated carbocycles. The molecule has 0 unspecified atom stereocenters. The van der Waals surface area contributed by atoms with Gasteiger partial charge in [-0.2, -0.15) is 0 Å². The van der Waals surface area contributed by atoms with Gasteiger partial charge in [0.15, 0.2) is 0 Å². The Hall–Kier alpha value is -1.79. The summed E-state index contributed by atoms with van der Waals surface area (Å²) in [5.41, 5.74) is 0.